The molecule has 1 heterocycles. The summed E-state index contributed by atoms with van der Waals surface area (Å²) < 4.78 is 0. The van der Waals surface area contributed by atoms with E-state index in [0.29, 0.717) is 41.8 Å². The topological polar surface area (TPSA) is 120 Å². The van der Waals surface area contributed by atoms with Gasteiger partial charge in [-0.2, -0.15) is 10.2 Å². The summed E-state index contributed by atoms with van der Waals surface area (Å²) in [6, 6.07) is 10.3. The van der Waals surface area contributed by atoms with Crippen molar-refractivity contribution in [1.82, 2.24) is 9.97 Å². The molecule has 4 aliphatic carbocycles. The van der Waals surface area contributed by atoms with Crippen molar-refractivity contribution in [2.45, 2.75) is 51.3 Å². The SMILES string of the molecule is N#Cc1cnc(NCc2cccc(CO)c2)nc1NCC12CC3C[C@H](C1)C(N)[C@@H](C3)C2. The number of nitrogens with one attached hydrogen (secondary N) is 2. The van der Waals surface area contributed by atoms with Crippen LogP contribution in [-0.4, -0.2) is 27.7 Å². The van der Waals surface area contributed by atoms with Gasteiger partial charge in [-0.15, -0.1) is 0 Å². The smallest absolute Gasteiger partial charge is 0.224 e. The molecule has 3 unspecified atom stereocenters. The lowest BCUT2D eigenvalue weighted by Crippen LogP contribution is -2.58. The van der Waals surface area contributed by atoms with Crippen molar-refractivity contribution >= 4 is 11.8 Å². The molecular formula is C24H30N6O. The molecule has 1 aromatic carbocycles. The molecule has 4 bridgehead atoms. The zero-order chi connectivity index (χ0) is 21.4. The van der Waals surface area contributed by atoms with Crippen LogP contribution >= 0.6 is 0 Å². The average molecular weight is 419 g/mol. The zero-order valence-electron chi connectivity index (χ0n) is 17.7. The molecule has 31 heavy (non-hydrogen) atoms. The van der Waals surface area contributed by atoms with Crippen LogP contribution in [0.4, 0.5) is 11.8 Å². The van der Waals surface area contributed by atoms with Crippen molar-refractivity contribution < 1.29 is 5.11 Å². The predicted molar refractivity (Wildman–Crippen MR) is 119 cm³/mol. The van der Waals surface area contributed by atoms with E-state index in [4.69, 9.17) is 5.73 Å². The van der Waals surface area contributed by atoms with E-state index >= 15 is 0 Å². The summed E-state index contributed by atoms with van der Waals surface area (Å²) in [7, 11) is 0. The molecule has 7 nitrogen and oxygen atoms in total. The van der Waals surface area contributed by atoms with Crippen molar-refractivity contribution in [1.29, 1.82) is 5.26 Å². The van der Waals surface area contributed by atoms with Crippen LogP contribution in [-0.2, 0) is 13.2 Å². The van der Waals surface area contributed by atoms with Gasteiger partial charge in [0.2, 0.25) is 5.95 Å². The van der Waals surface area contributed by atoms with Gasteiger partial charge in [-0.3, -0.25) is 0 Å². The predicted octanol–water partition coefficient (Wildman–Crippen LogP) is 3.02. The summed E-state index contributed by atoms with van der Waals surface area (Å²) >= 11 is 0. The molecule has 0 saturated heterocycles. The Bertz CT molecular complexity index is 986. The van der Waals surface area contributed by atoms with Crippen LogP contribution in [0, 0.1) is 34.5 Å². The Balaban J connectivity index is 1.27. The Morgan fingerprint density at radius 2 is 1.94 bits per heavy atom. The quantitative estimate of drug-likeness (QED) is 0.545. The highest BCUT2D eigenvalue weighted by atomic mass is 16.3. The Labute approximate surface area is 183 Å². The molecular weight excluding hydrogens is 388 g/mol. The minimum absolute atomic E-state index is 0.0184. The van der Waals surface area contributed by atoms with Gasteiger partial charge in [0.15, 0.2) is 0 Å². The molecule has 2 aromatic rings. The number of hydrogen-bond acceptors (Lipinski definition) is 7. The van der Waals surface area contributed by atoms with Crippen molar-refractivity contribution in [2.75, 3.05) is 17.2 Å². The molecule has 4 aliphatic rings. The van der Waals surface area contributed by atoms with E-state index in [2.05, 4.69) is 26.7 Å². The molecule has 0 aliphatic heterocycles. The molecule has 162 valence electrons. The molecule has 0 radical (unpaired) electrons. The lowest BCUT2D eigenvalue weighted by molar-refractivity contribution is -0.0591. The Morgan fingerprint density at radius 1 is 1.16 bits per heavy atom. The molecule has 0 spiro atoms. The lowest BCUT2D eigenvalue weighted by atomic mass is 9.48. The highest BCUT2D eigenvalue weighted by molar-refractivity contribution is 5.53. The fraction of sp³-hybridized carbons (Fsp3) is 0.542. The Kier molecular flexibility index (Phi) is 5.28. The number of aliphatic hydroxyl groups excluding tert-OH is 1. The van der Waals surface area contributed by atoms with Crippen molar-refractivity contribution in [3.8, 4) is 6.07 Å². The second-order valence-corrected chi connectivity index (χ2v) is 9.80. The van der Waals surface area contributed by atoms with Gasteiger partial charge in [-0.1, -0.05) is 24.3 Å². The minimum Gasteiger partial charge on any atom is -0.392 e. The molecule has 4 saturated carbocycles. The van der Waals surface area contributed by atoms with Gasteiger partial charge < -0.3 is 21.5 Å². The number of benzene rings is 1. The van der Waals surface area contributed by atoms with Crippen LogP contribution in [0.1, 0.15) is 48.8 Å². The maximum absolute atomic E-state index is 9.54. The maximum atomic E-state index is 9.54. The fourth-order valence-electron chi connectivity index (χ4n) is 6.42. The molecule has 6 rings (SSSR count). The number of aromatic nitrogens is 2. The van der Waals surface area contributed by atoms with Crippen molar-refractivity contribution in [3.63, 3.8) is 0 Å². The summed E-state index contributed by atoms with van der Waals surface area (Å²) in [5.74, 6) is 3.21. The number of rotatable bonds is 7. The Hall–Kier alpha value is -2.69. The first-order valence-corrected chi connectivity index (χ1v) is 11.3. The van der Waals surface area contributed by atoms with Gasteiger partial charge in [0, 0.05) is 19.1 Å². The number of hydrogen-bond donors (Lipinski definition) is 4. The third-order valence-corrected chi connectivity index (χ3v) is 7.64. The Morgan fingerprint density at radius 3 is 2.68 bits per heavy atom. The molecule has 5 atom stereocenters. The molecule has 4 fully saturated rings. The average Bonchev–Trinajstić information content (AvgIpc) is 2.79. The standard InChI is InChI=1S/C24H30N6O/c25-10-20-12-28-23(27-11-15-2-1-3-16(4-15)13-31)30-22(20)29-14-24-7-17-5-18(8-24)21(26)19(6-17)9-24/h1-4,12,17-19,21,31H,5-9,11,13-14,26H2,(H2,27,28,29,30)/t17?,18-,19+,21?,24?. The minimum atomic E-state index is 0.0184. The van der Waals surface area contributed by atoms with Gasteiger partial charge >= 0.3 is 0 Å². The largest absolute Gasteiger partial charge is 0.392 e. The van der Waals surface area contributed by atoms with Crippen molar-refractivity contribution in [3.05, 3.63) is 47.2 Å². The second kappa shape index (κ2) is 8.10. The van der Waals surface area contributed by atoms with Gasteiger partial charge in [0.25, 0.3) is 0 Å². The van der Waals surface area contributed by atoms with E-state index in [-0.39, 0.29) is 12.0 Å². The van der Waals surface area contributed by atoms with E-state index in [9.17, 15) is 10.4 Å². The maximum Gasteiger partial charge on any atom is 0.224 e. The highest BCUT2D eigenvalue weighted by Crippen LogP contribution is 2.59. The number of anilines is 2. The number of nitrogens with zero attached hydrogens (tertiary/aromatic N) is 3. The summed E-state index contributed by atoms with van der Waals surface area (Å²) in [6.07, 6.45) is 7.81. The molecule has 1 aromatic heterocycles. The fourth-order valence-corrected chi connectivity index (χ4v) is 6.42. The van der Waals surface area contributed by atoms with E-state index in [0.717, 1.165) is 23.6 Å². The highest BCUT2D eigenvalue weighted by Gasteiger charge is 2.54. The van der Waals surface area contributed by atoms with Gasteiger partial charge in [0.1, 0.15) is 17.5 Å². The first kappa shape index (κ1) is 20.2. The second-order valence-electron chi connectivity index (χ2n) is 9.80. The van der Waals surface area contributed by atoms with Crippen LogP contribution in [0.3, 0.4) is 0 Å². The zero-order valence-corrected chi connectivity index (χ0v) is 17.7. The number of nitriles is 1. The van der Waals surface area contributed by atoms with E-state index in [1.54, 1.807) is 6.20 Å². The monoisotopic (exact) mass is 418 g/mol. The van der Waals surface area contributed by atoms with Gasteiger partial charge in [0.05, 0.1) is 12.8 Å². The summed E-state index contributed by atoms with van der Waals surface area (Å²) in [5, 5.41) is 25.6. The van der Waals surface area contributed by atoms with Gasteiger partial charge in [-0.25, -0.2) is 4.98 Å². The summed E-state index contributed by atoms with van der Waals surface area (Å²) in [6.45, 7) is 1.41. The normalized spacial score (nSPS) is 30.7. The van der Waals surface area contributed by atoms with E-state index in [1.165, 1.54) is 32.1 Å². The van der Waals surface area contributed by atoms with Crippen LogP contribution in [0.5, 0.6) is 0 Å². The van der Waals surface area contributed by atoms with Gasteiger partial charge in [-0.05, 0) is 66.4 Å². The van der Waals surface area contributed by atoms with Crippen LogP contribution in [0.15, 0.2) is 30.5 Å². The number of aliphatic hydroxyl groups is 1. The van der Waals surface area contributed by atoms with E-state index in [1.807, 2.05) is 24.3 Å². The van der Waals surface area contributed by atoms with Crippen LogP contribution in [0.25, 0.3) is 0 Å². The van der Waals surface area contributed by atoms with Crippen LogP contribution < -0.4 is 16.4 Å². The third kappa shape index (κ3) is 3.98. The van der Waals surface area contributed by atoms with E-state index < -0.39 is 0 Å². The lowest BCUT2D eigenvalue weighted by Gasteiger charge is -2.59. The molecule has 5 N–H and O–H groups in total. The van der Waals surface area contributed by atoms with Crippen LogP contribution in [0.2, 0.25) is 0 Å². The molecule has 7 heteroatoms. The molecule has 0 amide bonds. The summed E-state index contributed by atoms with van der Waals surface area (Å²) in [4.78, 5) is 8.91. The summed E-state index contributed by atoms with van der Waals surface area (Å²) in [5.41, 5.74) is 9.15. The first-order chi connectivity index (χ1) is 15.1. The van der Waals surface area contributed by atoms with Crippen molar-refractivity contribution in [2.24, 2.45) is 28.9 Å². The number of nitrogens with two attached hydrogens (primary N) is 1. The first-order valence-electron chi connectivity index (χ1n) is 11.3. The third-order valence-electron chi connectivity index (χ3n) is 7.64.